The van der Waals surface area contributed by atoms with E-state index in [4.69, 9.17) is 0 Å². The zero-order valence-electron chi connectivity index (χ0n) is 11.3. The first-order valence-electron chi connectivity index (χ1n) is 6.18. The van der Waals surface area contributed by atoms with Crippen molar-refractivity contribution in [2.75, 3.05) is 0 Å². The smallest absolute Gasteiger partial charge is 0.0113 e. The average molecular weight is 206 g/mol. The molecule has 0 saturated heterocycles. The van der Waals surface area contributed by atoms with Crippen molar-refractivity contribution >= 4 is 0 Å². The van der Waals surface area contributed by atoms with Crippen molar-refractivity contribution in [1.29, 1.82) is 0 Å². The lowest BCUT2D eigenvalue weighted by Crippen LogP contribution is -2.28. The number of hydrogen-bond donors (Lipinski definition) is 0. The summed E-state index contributed by atoms with van der Waals surface area (Å²) in [7, 11) is 0. The van der Waals surface area contributed by atoms with Gasteiger partial charge < -0.3 is 0 Å². The van der Waals surface area contributed by atoms with Crippen LogP contribution in [0, 0.1) is 11.3 Å². The van der Waals surface area contributed by atoms with Crippen LogP contribution >= 0.6 is 0 Å². The zero-order valence-corrected chi connectivity index (χ0v) is 11.3. The van der Waals surface area contributed by atoms with E-state index in [2.05, 4.69) is 47.6 Å². The minimum absolute atomic E-state index is 0.397. The molecule has 0 radical (unpaired) electrons. The molecule has 0 saturated carbocycles. The molecule has 0 aromatic rings. The van der Waals surface area contributed by atoms with Crippen LogP contribution in [0.1, 0.15) is 60.8 Å². The van der Waals surface area contributed by atoms with Crippen molar-refractivity contribution in [1.82, 2.24) is 0 Å². The summed E-state index contributed by atoms with van der Waals surface area (Å²) in [5.74, 6) is 0.821. The summed E-state index contributed by atoms with van der Waals surface area (Å²) >= 11 is 0. The van der Waals surface area contributed by atoms with Crippen LogP contribution in [0.15, 0.2) is 22.8 Å². The molecule has 0 amide bonds. The fraction of sp³-hybridized carbons (Fsp3) is 0.733. The van der Waals surface area contributed by atoms with Crippen molar-refractivity contribution < 1.29 is 0 Å². The molecule has 1 atom stereocenters. The third-order valence-electron chi connectivity index (χ3n) is 4.19. The largest absolute Gasteiger partial charge is 0.0818 e. The Morgan fingerprint density at radius 2 is 2.00 bits per heavy atom. The quantitative estimate of drug-likeness (QED) is 0.550. The first-order valence-corrected chi connectivity index (χ1v) is 6.18. The molecule has 0 aromatic heterocycles. The molecule has 0 N–H and O–H groups in total. The highest BCUT2D eigenvalue weighted by molar-refractivity contribution is 5.26. The van der Waals surface area contributed by atoms with Gasteiger partial charge in [0, 0.05) is 0 Å². The Bertz CT molecular complexity index is 285. The van der Waals surface area contributed by atoms with Crippen LogP contribution in [-0.4, -0.2) is 0 Å². The Morgan fingerprint density at radius 3 is 2.53 bits per heavy atom. The van der Waals surface area contributed by atoms with Crippen molar-refractivity contribution in [3.8, 4) is 0 Å². The lowest BCUT2D eigenvalue weighted by atomic mass is 9.65. The van der Waals surface area contributed by atoms with Gasteiger partial charge in [-0.05, 0) is 51.4 Å². The van der Waals surface area contributed by atoms with Crippen LogP contribution < -0.4 is 0 Å². The molecule has 1 aliphatic rings. The molecule has 0 fully saturated rings. The molecule has 0 aliphatic heterocycles. The van der Waals surface area contributed by atoms with Crippen LogP contribution in [0.25, 0.3) is 0 Å². The predicted octanol–water partition coefficient (Wildman–Crippen LogP) is 5.12. The van der Waals surface area contributed by atoms with Gasteiger partial charge in [0.25, 0.3) is 0 Å². The van der Waals surface area contributed by atoms with Gasteiger partial charge in [-0.2, -0.15) is 0 Å². The molecular weight excluding hydrogens is 180 g/mol. The summed E-state index contributed by atoms with van der Waals surface area (Å²) in [6.07, 6.45) is 6.19. The molecule has 0 heterocycles. The second kappa shape index (κ2) is 4.55. The summed E-state index contributed by atoms with van der Waals surface area (Å²) in [5.41, 5.74) is 5.15. The zero-order chi connectivity index (χ0) is 11.6. The Balaban J connectivity index is 2.95. The third-order valence-corrected chi connectivity index (χ3v) is 4.19. The Kier molecular flexibility index (Phi) is 3.81. The van der Waals surface area contributed by atoms with Gasteiger partial charge in [-0.15, -0.1) is 0 Å². The minimum Gasteiger partial charge on any atom is -0.0818 e. The van der Waals surface area contributed by atoms with Gasteiger partial charge in [0.2, 0.25) is 0 Å². The maximum Gasteiger partial charge on any atom is -0.0113 e. The molecule has 0 spiro atoms. The second-order valence-corrected chi connectivity index (χ2v) is 5.91. The maximum absolute atomic E-state index is 2.41. The predicted molar refractivity (Wildman–Crippen MR) is 68.9 cm³/mol. The molecular formula is C15H26. The molecule has 1 unspecified atom stereocenters. The van der Waals surface area contributed by atoms with E-state index in [1.54, 1.807) is 11.1 Å². The maximum atomic E-state index is 2.41. The van der Waals surface area contributed by atoms with Crippen LogP contribution in [0.2, 0.25) is 0 Å². The molecule has 86 valence electrons. The third kappa shape index (κ3) is 2.74. The van der Waals surface area contributed by atoms with Gasteiger partial charge in [-0.25, -0.2) is 0 Å². The highest BCUT2D eigenvalue weighted by atomic mass is 14.4. The summed E-state index contributed by atoms with van der Waals surface area (Å²) < 4.78 is 0. The van der Waals surface area contributed by atoms with Gasteiger partial charge >= 0.3 is 0 Å². The van der Waals surface area contributed by atoms with Gasteiger partial charge in [-0.1, -0.05) is 43.6 Å². The van der Waals surface area contributed by atoms with Crippen molar-refractivity contribution in [3.63, 3.8) is 0 Å². The van der Waals surface area contributed by atoms with E-state index >= 15 is 0 Å². The van der Waals surface area contributed by atoms with E-state index < -0.39 is 0 Å². The fourth-order valence-electron chi connectivity index (χ4n) is 2.54. The molecule has 1 rings (SSSR count). The van der Waals surface area contributed by atoms with Crippen LogP contribution in [0.4, 0.5) is 0 Å². The first kappa shape index (κ1) is 12.5. The monoisotopic (exact) mass is 206 g/mol. The van der Waals surface area contributed by atoms with Crippen molar-refractivity contribution in [2.24, 2.45) is 11.3 Å². The SMILES string of the molecule is CC(C)=CCC1=C(C)CCC(C)C1(C)C. The van der Waals surface area contributed by atoms with Gasteiger partial charge in [-0.3, -0.25) is 0 Å². The summed E-state index contributed by atoms with van der Waals surface area (Å²) in [5, 5.41) is 0. The second-order valence-electron chi connectivity index (χ2n) is 5.91. The highest BCUT2D eigenvalue weighted by Crippen LogP contribution is 2.45. The van der Waals surface area contributed by atoms with E-state index in [0.29, 0.717) is 5.41 Å². The lowest BCUT2D eigenvalue weighted by Gasteiger charge is -2.40. The van der Waals surface area contributed by atoms with E-state index in [-0.39, 0.29) is 0 Å². The number of allylic oxidation sites excluding steroid dienone is 4. The Morgan fingerprint density at radius 1 is 1.40 bits per heavy atom. The van der Waals surface area contributed by atoms with E-state index in [1.807, 2.05) is 0 Å². The molecule has 0 heteroatoms. The normalized spacial score (nSPS) is 25.3. The van der Waals surface area contributed by atoms with Crippen molar-refractivity contribution in [3.05, 3.63) is 22.8 Å². The van der Waals surface area contributed by atoms with E-state index in [9.17, 15) is 0 Å². The van der Waals surface area contributed by atoms with Crippen LogP contribution in [0.3, 0.4) is 0 Å². The van der Waals surface area contributed by atoms with Crippen LogP contribution in [0.5, 0.6) is 0 Å². The van der Waals surface area contributed by atoms with Gasteiger partial charge in [0.05, 0.1) is 0 Å². The Hall–Kier alpha value is -0.520. The minimum atomic E-state index is 0.397. The summed E-state index contributed by atoms with van der Waals surface area (Å²) in [6.45, 7) is 13.9. The van der Waals surface area contributed by atoms with Crippen LogP contribution in [-0.2, 0) is 0 Å². The van der Waals surface area contributed by atoms with Gasteiger partial charge in [0.1, 0.15) is 0 Å². The number of rotatable bonds is 2. The van der Waals surface area contributed by atoms with Crippen molar-refractivity contribution in [2.45, 2.75) is 60.8 Å². The Labute approximate surface area is 95.5 Å². The lowest BCUT2D eigenvalue weighted by molar-refractivity contribution is 0.245. The molecule has 0 bridgehead atoms. The highest BCUT2D eigenvalue weighted by Gasteiger charge is 2.33. The van der Waals surface area contributed by atoms with Gasteiger partial charge in [0.15, 0.2) is 0 Å². The molecule has 0 nitrogen and oxygen atoms in total. The molecule has 1 aliphatic carbocycles. The average Bonchev–Trinajstić information content (AvgIpc) is 2.11. The summed E-state index contributed by atoms with van der Waals surface area (Å²) in [4.78, 5) is 0. The topological polar surface area (TPSA) is 0 Å². The van der Waals surface area contributed by atoms with E-state index in [1.165, 1.54) is 18.4 Å². The standard InChI is InChI=1S/C15H26/c1-11(2)7-10-14-12(3)8-9-13(4)15(14,5)6/h7,13H,8-10H2,1-6H3. The first-order chi connectivity index (χ1) is 6.85. The molecule has 15 heavy (non-hydrogen) atoms. The van der Waals surface area contributed by atoms with E-state index in [0.717, 1.165) is 12.3 Å². The fourth-order valence-corrected chi connectivity index (χ4v) is 2.54. The molecule has 0 aromatic carbocycles. The summed E-state index contributed by atoms with van der Waals surface area (Å²) in [6, 6.07) is 0. The number of hydrogen-bond acceptors (Lipinski definition) is 0.